The van der Waals surface area contributed by atoms with Crippen molar-refractivity contribution in [1.82, 2.24) is 9.80 Å². The second-order valence-corrected chi connectivity index (χ2v) is 6.14. The van der Waals surface area contributed by atoms with Crippen molar-refractivity contribution in [2.75, 3.05) is 20.1 Å². The number of hydrogen-bond acceptors (Lipinski definition) is 3. The Morgan fingerprint density at radius 1 is 1.41 bits per heavy atom. The van der Waals surface area contributed by atoms with E-state index in [-0.39, 0.29) is 18.5 Å². The van der Waals surface area contributed by atoms with E-state index in [0.29, 0.717) is 18.0 Å². The van der Waals surface area contributed by atoms with Gasteiger partial charge in [0.15, 0.2) is 0 Å². The Bertz CT molecular complexity index is 547. The number of amides is 1. The van der Waals surface area contributed by atoms with Crippen molar-refractivity contribution >= 4 is 23.5 Å². The molecule has 1 aliphatic heterocycles. The molecule has 1 saturated heterocycles. The highest BCUT2D eigenvalue weighted by Gasteiger charge is 2.32. The minimum Gasteiger partial charge on any atom is -0.480 e. The third kappa shape index (κ3) is 3.78. The van der Waals surface area contributed by atoms with Gasteiger partial charge < -0.3 is 10.0 Å². The van der Waals surface area contributed by atoms with Gasteiger partial charge in [-0.1, -0.05) is 23.7 Å². The summed E-state index contributed by atoms with van der Waals surface area (Å²) in [6.45, 7) is 2.75. The molecule has 0 spiro atoms. The molecule has 6 heteroatoms. The van der Waals surface area contributed by atoms with Crippen LogP contribution in [0.25, 0.3) is 0 Å². The fourth-order valence-electron chi connectivity index (χ4n) is 2.76. The van der Waals surface area contributed by atoms with Crippen LogP contribution in [0.5, 0.6) is 0 Å². The van der Waals surface area contributed by atoms with Gasteiger partial charge in [0, 0.05) is 12.1 Å². The monoisotopic (exact) mass is 324 g/mol. The first-order chi connectivity index (χ1) is 10.4. The van der Waals surface area contributed by atoms with Crippen LogP contribution < -0.4 is 0 Å². The third-order valence-corrected chi connectivity index (χ3v) is 4.57. The normalized spacial score (nSPS) is 19.9. The SMILES string of the molecule is C[C@@H](c1ccc(Cl)cc1)N(C)C(=O)CN1CCC[C@@H]1C(=O)O. The number of carbonyl (C=O) groups excluding carboxylic acids is 1. The van der Waals surface area contributed by atoms with Gasteiger partial charge in [-0.3, -0.25) is 14.5 Å². The van der Waals surface area contributed by atoms with E-state index in [4.69, 9.17) is 16.7 Å². The maximum atomic E-state index is 12.4. The lowest BCUT2D eigenvalue weighted by molar-refractivity contribution is -0.143. The molecule has 1 aromatic carbocycles. The maximum absolute atomic E-state index is 12.4. The number of carboxylic acids is 1. The van der Waals surface area contributed by atoms with E-state index in [1.807, 2.05) is 19.1 Å². The van der Waals surface area contributed by atoms with Gasteiger partial charge in [-0.05, 0) is 44.0 Å². The van der Waals surface area contributed by atoms with Crippen molar-refractivity contribution in [3.05, 3.63) is 34.9 Å². The molecule has 0 unspecified atom stereocenters. The second kappa shape index (κ2) is 7.11. The number of carbonyl (C=O) groups is 2. The molecule has 1 fully saturated rings. The predicted molar refractivity (Wildman–Crippen MR) is 84.9 cm³/mol. The number of benzene rings is 1. The summed E-state index contributed by atoms with van der Waals surface area (Å²) >= 11 is 5.87. The number of carboxylic acid groups (broad SMARTS) is 1. The van der Waals surface area contributed by atoms with Crippen molar-refractivity contribution in [1.29, 1.82) is 0 Å². The first kappa shape index (κ1) is 16.8. The molecular weight excluding hydrogens is 304 g/mol. The Kier molecular flexibility index (Phi) is 5.42. The summed E-state index contributed by atoms with van der Waals surface area (Å²) < 4.78 is 0. The van der Waals surface area contributed by atoms with Gasteiger partial charge >= 0.3 is 5.97 Å². The summed E-state index contributed by atoms with van der Waals surface area (Å²) in [7, 11) is 1.74. The molecule has 0 bridgehead atoms. The Balaban J connectivity index is 1.99. The lowest BCUT2D eigenvalue weighted by atomic mass is 10.1. The van der Waals surface area contributed by atoms with E-state index in [0.717, 1.165) is 12.0 Å². The van der Waals surface area contributed by atoms with Gasteiger partial charge in [0.1, 0.15) is 6.04 Å². The van der Waals surface area contributed by atoms with E-state index in [1.165, 1.54) is 0 Å². The highest BCUT2D eigenvalue weighted by atomic mass is 35.5. The number of halogens is 1. The molecule has 0 aromatic heterocycles. The van der Waals surface area contributed by atoms with Crippen LogP contribution in [0.15, 0.2) is 24.3 Å². The summed E-state index contributed by atoms with van der Waals surface area (Å²) in [4.78, 5) is 27.0. The topological polar surface area (TPSA) is 60.9 Å². The molecule has 120 valence electrons. The van der Waals surface area contributed by atoms with Crippen LogP contribution in [-0.2, 0) is 9.59 Å². The van der Waals surface area contributed by atoms with E-state index in [2.05, 4.69) is 0 Å². The van der Waals surface area contributed by atoms with Gasteiger partial charge in [-0.25, -0.2) is 0 Å². The minimum absolute atomic E-state index is 0.0735. The van der Waals surface area contributed by atoms with Crippen LogP contribution in [0.3, 0.4) is 0 Å². The highest BCUT2D eigenvalue weighted by Crippen LogP contribution is 2.22. The van der Waals surface area contributed by atoms with Gasteiger partial charge in [0.2, 0.25) is 5.91 Å². The molecular formula is C16H21ClN2O3. The zero-order chi connectivity index (χ0) is 16.3. The Labute approximate surface area is 135 Å². The Hall–Kier alpha value is -1.59. The van der Waals surface area contributed by atoms with Gasteiger partial charge in [0.25, 0.3) is 0 Å². The number of aliphatic carboxylic acids is 1. The summed E-state index contributed by atoms with van der Waals surface area (Å²) in [5.41, 5.74) is 0.997. The van der Waals surface area contributed by atoms with Crippen LogP contribution in [0.4, 0.5) is 0 Å². The molecule has 1 N–H and O–H groups in total. The van der Waals surface area contributed by atoms with E-state index in [1.54, 1.807) is 29.0 Å². The quantitative estimate of drug-likeness (QED) is 0.903. The second-order valence-electron chi connectivity index (χ2n) is 5.70. The Morgan fingerprint density at radius 3 is 2.64 bits per heavy atom. The van der Waals surface area contributed by atoms with Crippen LogP contribution >= 0.6 is 11.6 Å². The van der Waals surface area contributed by atoms with E-state index >= 15 is 0 Å². The van der Waals surface area contributed by atoms with Crippen LogP contribution in [0.2, 0.25) is 5.02 Å². The van der Waals surface area contributed by atoms with E-state index in [9.17, 15) is 9.59 Å². The molecule has 1 aromatic rings. The first-order valence-corrected chi connectivity index (χ1v) is 7.76. The molecule has 22 heavy (non-hydrogen) atoms. The summed E-state index contributed by atoms with van der Waals surface area (Å²) in [6, 6.07) is 6.76. The number of nitrogens with zero attached hydrogens (tertiary/aromatic N) is 2. The highest BCUT2D eigenvalue weighted by molar-refractivity contribution is 6.30. The van der Waals surface area contributed by atoms with Gasteiger partial charge in [-0.2, -0.15) is 0 Å². The number of likely N-dealkylation sites (tertiary alicyclic amines) is 1. The third-order valence-electron chi connectivity index (χ3n) is 4.31. The maximum Gasteiger partial charge on any atom is 0.320 e. The zero-order valence-electron chi connectivity index (χ0n) is 12.8. The lowest BCUT2D eigenvalue weighted by Crippen LogP contribution is -2.44. The van der Waals surface area contributed by atoms with Crippen molar-refractivity contribution in [3.8, 4) is 0 Å². The molecule has 2 atom stereocenters. The molecule has 0 radical (unpaired) electrons. The van der Waals surface area contributed by atoms with Crippen LogP contribution in [0, 0.1) is 0 Å². The predicted octanol–water partition coefficient (Wildman–Crippen LogP) is 2.41. The van der Waals surface area contributed by atoms with Crippen LogP contribution in [-0.4, -0.2) is 53.0 Å². The molecule has 0 saturated carbocycles. The molecule has 1 aliphatic rings. The molecule has 0 aliphatic carbocycles. The Morgan fingerprint density at radius 2 is 2.05 bits per heavy atom. The van der Waals surface area contributed by atoms with Gasteiger partial charge in [0.05, 0.1) is 12.6 Å². The number of rotatable bonds is 5. The summed E-state index contributed by atoms with van der Waals surface area (Å²) in [5, 5.41) is 9.83. The largest absolute Gasteiger partial charge is 0.480 e. The van der Waals surface area contributed by atoms with Crippen LogP contribution in [0.1, 0.15) is 31.4 Å². The average Bonchev–Trinajstić information content (AvgIpc) is 2.94. The van der Waals surface area contributed by atoms with Crippen molar-refractivity contribution in [2.45, 2.75) is 31.8 Å². The first-order valence-electron chi connectivity index (χ1n) is 7.38. The minimum atomic E-state index is -0.848. The fraction of sp³-hybridized carbons (Fsp3) is 0.500. The lowest BCUT2D eigenvalue weighted by Gasteiger charge is -2.28. The standard InChI is InChI=1S/C16H21ClN2O3/c1-11(12-5-7-13(17)8-6-12)18(2)15(20)10-19-9-3-4-14(19)16(21)22/h5-8,11,14H,3-4,9-10H2,1-2H3,(H,21,22)/t11-,14+/m0/s1. The average molecular weight is 325 g/mol. The molecule has 1 amide bonds. The molecule has 1 heterocycles. The van der Waals surface area contributed by atoms with E-state index < -0.39 is 12.0 Å². The fourth-order valence-corrected chi connectivity index (χ4v) is 2.89. The molecule has 5 nitrogen and oxygen atoms in total. The van der Waals surface area contributed by atoms with Crippen molar-refractivity contribution in [3.63, 3.8) is 0 Å². The number of likely N-dealkylation sites (N-methyl/N-ethyl adjacent to an activating group) is 1. The summed E-state index contributed by atoms with van der Waals surface area (Å²) in [5.74, 6) is -0.922. The van der Waals surface area contributed by atoms with Crippen molar-refractivity contribution < 1.29 is 14.7 Å². The smallest absolute Gasteiger partial charge is 0.320 e. The molecule has 2 rings (SSSR count). The summed E-state index contributed by atoms with van der Waals surface area (Å²) in [6.07, 6.45) is 1.43. The zero-order valence-corrected chi connectivity index (χ0v) is 13.6. The van der Waals surface area contributed by atoms with Crippen molar-refractivity contribution in [2.24, 2.45) is 0 Å². The van der Waals surface area contributed by atoms with Gasteiger partial charge in [-0.15, -0.1) is 0 Å². The number of hydrogen-bond donors (Lipinski definition) is 1.